The number of amides is 1. The molecule has 0 atom stereocenters. The lowest BCUT2D eigenvalue weighted by Crippen LogP contribution is -2.54. The first-order valence-corrected chi connectivity index (χ1v) is 9.38. The first-order valence-electron chi connectivity index (χ1n) is 9.38. The van der Waals surface area contributed by atoms with E-state index in [4.69, 9.17) is 4.74 Å². The van der Waals surface area contributed by atoms with E-state index in [0.717, 1.165) is 16.5 Å². The van der Waals surface area contributed by atoms with Crippen LogP contribution in [-0.4, -0.2) is 41.8 Å². The van der Waals surface area contributed by atoms with E-state index >= 15 is 0 Å². The van der Waals surface area contributed by atoms with Crippen LogP contribution in [0.2, 0.25) is 0 Å². The van der Waals surface area contributed by atoms with Gasteiger partial charge in [-0.3, -0.25) is 9.98 Å². The predicted octanol–water partition coefficient (Wildman–Crippen LogP) is 3.20. The van der Waals surface area contributed by atoms with Gasteiger partial charge in [0.05, 0.1) is 11.1 Å². The summed E-state index contributed by atoms with van der Waals surface area (Å²) in [6.45, 7) is 10.5. The minimum Gasteiger partial charge on any atom is -0.444 e. The number of carbonyl (C=O) groups is 1. The average Bonchev–Trinajstić information content (AvgIpc) is 2.59. The lowest BCUT2D eigenvalue weighted by atomic mass is 10.1. The van der Waals surface area contributed by atoms with Crippen LogP contribution in [-0.2, 0) is 11.3 Å². The second kappa shape index (κ2) is 8.91. The molecule has 1 heterocycles. The minimum absolute atomic E-state index is 0.439. The summed E-state index contributed by atoms with van der Waals surface area (Å²) in [6.07, 6.45) is 1.37. The molecule has 0 aliphatic rings. The standard InChI is InChI=1S/C21H31N5O2/c1-20(2,3)28-19(27)26-21(4,5)14-25-18(22-6)24-13-15-11-12-23-17-10-8-7-9-16(15)17/h7-12H,13-14H2,1-6H3,(H,26,27)(H2,22,24,25). The highest BCUT2D eigenvalue weighted by molar-refractivity contribution is 5.83. The van der Waals surface area contributed by atoms with E-state index in [9.17, 15) is 4.79 Å². The van der Waals surface area contributed by atoms with Crippen molar-refractivity contribution in [2.24, 2.45) is 4.99 Å². The van der Waals surface area contributed by atoms with E-state index < -0.39 is 17.2 Å². The summed E-state index contributed by atoms with van der Waals surface area (Å²) in [4.78, 5) is 20.7. The molecule has 3 N–H and O–H groups in total. The molecule has 0 unspecified atom stereocenters. The van der Waals surface area contributed by atoms with Gasteiger partial charge in [-0.1, -0.05) is 18.2 Å². The second-order valence-corrected chi connectivity index (χ2v) is 8.28. The van der Waals surface area contributed by atoms with Crippen LogP contribution in [0, 0.1) is 0 Å². The number of fused-ring (bicyclic) bond motifs is 1. The molecule has 1 aromatic carbocycles. The van der Waals surface area contributed by atoms with Gasteiger partial charge in [0.15, 0.2) is 5.96 Å². The number of hydrogen-bond donors (Lipinski definition) is 3. The van der Waals surface area contributed by atoms with Crippen LogP contribution >= 0.6 is 0 Å². The molecule has 0 fully saturated rings. The summed E-state index contributed by atoms with van der Waals surface area (Å²) in [6, 6.07) is 10.0. The Labute approximate surface area is 167 Å². The number of hydrogen-bond acceptors (Lipinski definition) is 4. The van der Waals surface area contributed by atoms with Gasteiger partial charge in [0.25, 0.3) is 0 Å². The molecule has 7 nitrogen and oxygen atoms in total. The maximum absolute atomic E-state index is 12.0. The van der Waals surface area contributed by atoms with Crippen molar-refractivity contribution >= 4 is 23.0 Å². The van der Waals surface area contributed by atoms with Gasteiger partial charge >= 0.3 is 6.09 Å². The van der Waals surface area contributed by atoms with E-state index in [-0.39, 0.29) is 0 Å². The maximum atomic E-state index is 12.0. The molecule has 2 rings (SSSR count). The van der Waals surface area contributed by atoms with Crippen molar-refractivity contribution in [2.75, 3.05) is 13.6 Å². The van der Waals surface area contributed by atoms with Crippen LogP contribution in [0.4, 0.5) is 4.79 Å². The van der Waals surface area contributed by atoms with Crippen LogP contribution in [0.5, 0.6) is 0 Å². The van der Waals surface area contributed by atoms with Gasteiger partial charge in [-0.2, -0.15) is 0 Å². The zero-order valence-corrected chi connectivity index (χ0v) is 17.6. The van der Waals surface area contributed by atoms with E-state index in [1.54, 1.807) is 7.05 Å². The number of alkyl carbamates (subject to hydrolysis) is 1. The average molecular weight is 386 g/mol. The SMILES string of the molecule is CN=C(NCc1ccnc2ccccc12)NCC(C)(C)NC(=O)OC(C)(C)C. The van der Waals surface area contributed by atoms with Gasteiger partial charge in [0, 0.05) is 31.7 Å². The zero-order chi connectivity index (χ0) is 20.8. The Morgan fingerprint density at radius 1 is 1.11 bits per heavy atom. The normalized spacial score (nSPS) is 12.6. The molecule has 0 saturated carbocycles. The van der Waals surface area contributed by atoms with Gasteiger partial charge < -0.3 is 20.7 Å². The summed E-state index contributed by atoms with van der Waals surface area (Å²) in [7, 11) is 1.72. The van der Waals surface area contributed by atoms with Crippen molar-refractivity contribution < 1.29 is 9.53 Å². The van der Waals surface area contributed by atoms with Gasteiger partial charge in [0.2, 0.25) is 0 Å². The lowest BCUT2D eigenvalue weighted by Gasteiger charge is -2.29. The van der Waals surface area contributed by atoms with Crippen molar-refractivity contribution in [1.82, 2.24) is 20.9 Å². The molecule has 0 aliphatic heterocycles. The highest BCUT2D eigenvalue weighted by Crippen LogP contribution is 2.15. The van der Waals surface area contributed by atoms with E-state index in [1.165, 1.54) is 0 Å². The molecule has 0 saturated heterocycles. The highest BCUT2D eigenvalue weighted by Gasteiger charge is 2.24. The molecule has 0 bridgehead atoms. The van der Waals surface area contributed by atoms with Crippen LogP contribution in [0.3, 0.4) is 0 Å². The number of benzene rings is 1. The van der Waals surface area contributed by atoms with E-state index in [1.807, 2.05) is 65.1 Å². The summed E-state index contributed by atoms with van der Waals surface area (Å²) in [5.74, 6) is 0.653. The molecule has 152 valence electrons. The number of nitrogens with one attached hydrogen (secondary N) is 3. The molecule has 0 spiro atoms. The smallest absolute Gasteiger partial charge is 0.408 e. The van der Waals surface area contributed by atoms with E-state index in [2.05, 4.69) is 32.0 Å². The first-order chi connectivity index (χ1) is 13.1. The van der Waals surface area contributed by atoms with Gasteiger partial charge in [-0.15, -0.1) is 0 Å². The Hall–Kier alpha value is -2.83. The van der Waals surface area contributed by atoms with Crippen molar-refractivity contribution in [3.63, 3.8) is 0 Å². The molecule has 1 aromatic heterocycles. The number of ether oxygens (including phenoxy) is 1. The van der Waals surface area contributed by atoms with Gasteiger partial charge in [0.1, 0.15) is 5.60 Å². The molecule has 28 heavy (non-hydrogen) atoms. The summed E-state index contributed by atoms with van der Waals surface area (Å²) < 4.78 is 5.32. The molecular formula is C21H31N5O2. The monoisotopic (exact) mass is 385 g/mol. The third kappa shape index (κ3) is 6.72. The summed E-state index contributed by atoms with van der Waals surface area (Å²) in [5, 5.41) is 10.5. The number of guanidine groups is 1. The van der Waals surface area contributed by atoms with Crippen LogP contribution in [0.1, 0.15) is 40.2 Å². The van der Waals surface area contributed by atoms with Crippen molar-refractivity contribution in [2.45, 2.75) is 52.3 Å². The number of carbonyl (C=O) groups excluding carboxylic acids is 1. The highest BCUT2D eigenvalue weighted by atomic mass is 16.6. The molecule has 2 aromatic rings. The number of aromatic nitrogens is 1. The topological polar surface area (TPSA) is 87.6 Å². The molecule has 1 amide bonds. The Kier molecular flexibility index (Phi) is 6.83. The summed E-state index contributed by atoms with van der Waals surface area (Å²) in [5.41, 5.74) is 1.06. The second-order valence-electron chi connectivity index (χ2n) is 8.28. The van der Waals surface area contributed by atoms with Crippen molar-refractivity contribution in [3.05, 3.63) is 42.1 Å². The largest absolute Gasteiger partial charge is 0.444 e. The molecule has 7 heteroatoms. The predicted molar refractivity (Wildman–Crippen MR) is 113 cm³/mol. The number of para-hydroxylation sites is 1. The lowest BCUT2D eigenvalue weighted by molar-refractivity contribution is 0.0474. The Morgan fingerprint density at radius 2 is 1.82 bits per heavy atom. The van der Waals surface area contributed by atoms with E-state index in [0.29, 0.717) is 19.0 Å². The molecule has 0 radical (unpaired) electrons. The van der Waals surface area contributed by atoms with Crippen LogP contribution in [0.15, 0.2) is 41.5 Å². The number of pyridine rings is 1. The Morgan fingerprint density at radius 3 is 2.50 bits per heavy atom. The van der Waals surface area contributed by atoms with Crippen LogP contribution < -0.4 is 16.0 Å². The van der Waals surface area contributed by atoms with Crippen LogP contribution in [0.25, 0.3) is 10.9 Å². The Balaban J connectivity index is 1.91. The van der Waals surface area contributed by atoms with Gasteiger partial charge in [-0.05, 0) is 52.3 Å². The van der Waals surface area contributed by atoms with Crippen molar-refractivity contribution in [1.29, 1.82) is 0 Å². The Bertz CT molecular complexity index is 835. The quantitative estimate of drug-likeness (QED) is 0.543. The number of nitrogens with zero attached hydrogens (tertiary/aromatic N) is 2. The maximum Gasteiger partial charge on any atom is 0.408 e. The fraction of sp³-hybridized carbons (Fsp3) is 0.476. The summed E-state index contributed by atoms with van der Waals surface area (Å²) >= 11 is 0. The fourth-order valence-corrected chi connectivity index (χ4v) is 2.64. The third-order valence-electron chi connectivity index (χ3n) is 3.95. The molecular weight excluding hydrogens is 354 g/mol. The first kappa shape index (κ1) is 21.5. The van der Waals surface area contributed by atoms with Crippen molar-refractivity contribution in [3.8, 4) is 0 Å². The number of aliphatic imine (C=N–C) groups is 1. The minimum atomic E-state index is -0.529. The zero-order valence-electron chi connectivity index (χ0n) is 17.6. The fourth-order valence-electron chi connectivity index (χ4n) is 2.64. The third-order valence-corrected chi connectivity index (χ3v) is 3.95. The molecule has 0 aliphatic carbocycles. The van der Waals surface area contributed by atoms with Gasteiger partial charge in [-0.25, -0.2) is 4.79 Å². The number of rotatable bonds is 5.